The quantitative estimate of drug-likeness (QED) is 0.660. The summed E-state index contributed by atoms with van der Waals surface area (Å²) in [6.07, 6.45) is -4.56. The van der Waals surface area contributed by atoms with Crippen LogP contribution in [0.25, 0.3) is 0 Å². The van der Waals surface area contributed by atoms with Gasteiger partial charge in [-0.2, -0.15) is 13.2 Å². The van der Waals surface area contributed by atoms with Gasteiger partial charge in [0.25, 0.3) is 11.8 Å². The first-order valence-corrected chi connectivity index (χ1v) is 9.27. The van der Waals surface area contributed by atoms with E-state index in [0.717, 1.165) is 17.2 Å². The number of likely N-dealkylation sites (N-methyl/N-ethyl adjacent to an activating group) is 1. The molecule has 0 aliphatic rings. The fraction of sp³-hybridized carbons (Fsp3) is 0.333. The first-order valence-electron chi connectivity index (χ1n) is 9.27. The zero-order valence-electron chi connectivity index (χ0n) is 16.6. The maximum Gasteiger partial charge on any atom is 0.418 e. The summed E-state index contributed by atoms with van der Waals surface area (Å²) in [7, 11) is 0. The number of para-hydroxylation sites is 1. The van der Waals surface area contributed by atoms with Crippen molar-refractivity contribution < 1.29 is 27.7 Å². The summed E-state index contributed by atoms with van der Waals surface area (Å²) in [6.45, 7) is 6.09. The third-order valence-corrected chi connectivity index (χ3v) is 4.62. The number of carbonyl (C=O) groups excluding carboxylic acids is 2. The van der Waals surface area contributed by atoms with E-state index in [9.17, 15) is 22.8 Å². The van der Waals surface area contributed by atoms with Gasteiger partial charge in [-0.1, -0.05) is 18.2 Å². The fourth-order valence-corrected chi connectivity index (χ4v) is 2.82. The SMILES string of the molecule is CC[NH+](CC(=O)Nc1ccc(C)c(C)c1)CC(=O)Nc1ccccc1C(F)(F)F. The van der Waals surface area contributed by atoms with E-state index < -0.39 is 17.6 Å². The van der Waals surface area contributed by atoms with Crippen LogP contribution in [0.5, 0.6) is 0 Å². The minimum absolute atomic E-state index is 0.0256. The van der Waals surface area contributed by atoms with Crippen molar-refractivity contribution in [2.45, 2.75) is 26.9 Å². The Morgan fingerprint density at radius 3 is 2.14 bits per heavy atom. The van der Waals surface area contributed by atoms with Crippen LogP contribution < -0.4 is 15.5 Å². The van der Waals surface area contributed by atoms with E-state index in [4.69, 9.17) is 0 Å². The highest BCUT2D eigenvalue weighted by molar-refractivity contribution is 5.93. The van der Waals surface area contributed by atoms with E-state index in [2.05, 4.69) is 10.6 Å². The van der Waals surface area contributed by atoms with E-state index in [0.29, 0.717) is 17.1 Å². The largest absolute Gasteiger partial charge is 0.418 e. The molecule has 1 unspecified atom stereocenters. The van der Waals surface area contributed by atoms with Crippen LogP contribution in [0.3, 0.4) is 0 Å². The molecular weight excluding hydrogens is 383 g/mol. The van der Waals surface area contributed by atoms with Crippen LogP contribution in [0.4, 0.5) is 24.5 Å². The predicted octanol–water partition coefficient (Wildman–Crippen LogP) is 2.80. The van der Waals surface area contributed by atoms with Crippen LogP contribution in [-0.2, 0) is 15.8 Å². The highest BCUT2D eigenvalue weighted by Crippen LogP contribution is 2.34. The number of aryl methyl sites for hydroxylation is 2. The van der Waals surface area contributed by atoms with Crippen LogP contribution in [0, 0.1) is 13.8 Å². The van der Waals surface area contributed by atoms with Crippen molar-refractivity contribution >= 4 is 23.2 Å². The molecule has 0 radical (unpaired) electrons. The molecule has 0 spiro atoms. The van der Waals surface area contributed by atoms with Crippen molar-refractivity contribution in [2.75, 3.05) is 30.3 Å². The Labute approximate surface area is 167 Å². The number of amides is 2. The number of hydrogen-bond donors (Lipinski definition) is 3. The van der Waals surface area contributed by atoms with E-state index in [1.54, 1.807) is 13.0 Å². The van der Waals surface area contributed by atoms with Gasteiger partial charge in [0.2, 0.25) is 0 Å². The maximum absolute atomic E-state index is 13.1. The number of anilines is 2. The van der Waals surface area contributed by atoms with Crippen LogP contribution in [0.1, 0.15) is 23.6 Å². The summed E-state index contributed by atoms with van der Waals surface area (Å²) >= 11 is 0. The Hall–Kier alpha value is -2.87. The number of benzene rings is 2. The summed E-state index contributed by atoms with van der Waals surface area (Å²) in [5, 5.41) is 5.09. The molecule has 0 aromatic heterocycles. The molecular formula is C21H25F3N3O2+. The molecule has 5 nitrogen and oxygen atoms in total. The van der Waals surface area contributed by atoms with Crippen LogP contribution in [-0.4, -0.2) is 31.4 Å². The average molecular weight is 408 g/mol. The van der Waals surface area contributed by atoms with Gasteiger partial charge in [0.1, 0.15) is 0 Å². The minimum atomic E-state index is -4.56. The molecule has 156 valence electrons. The molecule has 2 amide bonds. The van der Waals surface area contributed by atoms with Gasteiger partial charge < -0.3 is 15.5 Å². The number of alkyl halides is 3. The van der Waals surface area contributed by atoms with E-state index in [1.807, 2.05) is 26.0 Å². The Morgan fingerprint density at radius 2 is 1.55 bits per heavy atom. The molecule has 0 fully saturated rings. The molecule has 0 saturated heterocycles. The average Bonchev–Trinajstić information content (AvgIpc) is 2.63. The van der Waals surface area contributed by atoms with Gasteiger partial charge in [-0.05, 0) is 56.2 Å². The lowest BCUT2D eigenvalue weighted by atomic mass is 10.1. The lowest BCUT2D eigenvalue weighted by molar-refractivity contribution is -0.881. The number of rotatable bonds is 7. The predicted molar refractivity (Wildman–Crippen MR) is 106 cm³/mol. The lowest BCUT2D eigenvalue weighted by Gasteiger charge is -2.18. The first kappa shape index (κ1) is 22.4. The Bertz CT molecular complexity index is 882. The molecule has 8 heteroatoms. The number of carbonyl (C=O) groups is 2. The highest BCUT2D eigenvalue weighted by Gasteiger charge is 2.33. The van der Waals surface area contributed by atoms with Gasteiger partial charge in [-0.15, -0.1) is 0 Å². The summed E-state index contributed by atoms with van der Waals surface area (Å²) in [5.74, 6) is -0.855. The zero-order chi connectivity index (χ0) is 21.6. The topological polar surface area (TPSA) is 62.6 Å². The standard InChI is InChI=1S/C21H24F3N3O2/c1-4-27(12-19(28)25-16-10-9-14(2)15(3)11-16)13-20(29)26-18-8-6-5-7-17(18)21(22,23)24/h5-11H,4,12-13H2,1-3H3,(H,25,28)(H,26,29)/p+1. The molecule has 2 rings (SSSR count). The number of halogens is 3. The molecule has 2 aromatic carbocycles. The second-order valence-electron chi connectivity index (χ2n) is 6.90. The summed E-state index contributed by atoms with van der Waals surface area (Å²) in [6, 6.07) is 10.4. The second kappa shape index (κ2) is 9.56. The minimum Gasteiger partial charge on any atom is -0.321 e. The molecule has 3 N–H and O–H groups in total. The zero-order valence-corrected chi connectivity index (χ0v) is 16.6. The number of hydrogen-bond acceptors (Lipinski definition) is 2. The molecule has 29 heavy (non-hydrogen) atoms. The summed E-state index contributed by atoms with van der Waals surface area (Å²) in [5.41, 5.74) is 1.63. The van der Waals surface area contributed by atoms with Gasteiger partial charge in [-0.3, -0.25) is 9.59 Å². The molecule has 1 atom stereocenters. The van der Waals surface area contributed by atoms with Gasteiger partial charge in [0.15, 0.2) is 13.1 Å². The van der Waals surface area contributed by atoms with Crippen molar-refractivity contribution in [2.24, 2.45) is 0 Å². The van der Waals surface area contributed by atoms with E-state index >= 15 is 0 Å². The van der Waals surface area contributed by atoms with Crippen molar-refractivity contribution in [3.63, 3.8) is 0 Å². The molecule has 0 aliphatic heterocycles. The first-order chi connectivity index (χ1) is 13.6. The van der Waals surface area contributed by atoms with Crippen LogP contribution in [0.15, 0.2) is 42.5 Å². The maximum atomic E-state index is 13.1. The monoisotopic (exact) mass is 408 g/mol. The van der Waals surface area contributed by atoms with Crippen molar-refractivity contribution in [1.82, 2.24) is 0 Å². The van der Waals surface area contributed by atoms with E-state index in [-0.39, 0.29) is 24.7 Å². The molecule has 0 heterocycles. The molecule has 0 aliphatic carbocycles. The smallest absolute Gasteiger partial charge is 0.321 e. The second-order valence-corrected chi connectivity index (χ2v) is 6.90. The number of quaternary nitrogens is 1. The van der Waals surface area contributed by atoms with Crippen molar-refractivity contribution in [3.05, 3.63) is 59.2 Å². The van der Waals surface area contributed by atoms with E-state index in [1.165, 1.54) is 18.2 Å². The highest BCUT2D eigenvalue weighted by atomic mass is 19.4. The van der Waals surface area contributed by atoms with Gasteiger partial charge in [0, 0.05) is 5.69 Å². The van der Waals surface area contributed by atoms with Crippen molar-refractivity contribution in [3.8, 4) is 0 Å². The van der Waals surface area contributed by atoms with Gasteiger partial charge in [-0.25, -0.2) is 0 Å². The fourth-order valence-electron chi connectivity index (χ4n) is 2.82. The third kappa shape index (κ3) is 6.60. The molecule has 0 saturated carbocycles. The van der Waals surface area contributed by atoms with Gasteiger partial charge >= 0.3 is 6.18 Å². The van der Waals surface area contributed by atoms with Crippen LogP contribution >= 0.6 is 0 Å². The number of nitrogens with one attached hydrogen (secondary N) is 3. The molecule has 2 aromatic rings. The summed E-state index contributed by atoms with van der Waals surface area (Å²) in [4.78, 5) is 25.2. The Kier molecular flexibility index (Phi) is 7.39. The van der Waals surface area contributed by atoms with Crippen LogP contribution in [0.2, 0.25) is 0 Å². The molecule has 0 bridgehead atoms. The Morgan fingerprint density at radius 1 is 0.931 bits per heavy atom. The normalized spacial score (nSPS) is 12.3. The Balaban J connectivity index is 1.96. The van der Waals surface area contributed by atoms with Gasteiger partial charge in [0.05, 0.1) is 17.8 Å². The van der Waals surface area contributed by atoms with Crippen molar-refractivity contribution in [1.29, 1.82) is 0 Å². The third-order valence-electron chi connectivity index (χ3n) is 4.62. The summed E-state index contributed by atoms with van der Waals surface area (Å²) < 4.78 is 39.2. The lowest BCUT2D eigenvalue weighted by Crippen LogP contribution is -3.13.